The van der Waals surface area contributed by atoms with Crippen LogP contribution in [0.1, 0.15) is 68.0 Å². The third-order valence-corrected chi connectivity index (χ3v) is 5.52. The van der Waals surface area contributed by atoms with Gasteiger partial charge in [-0.2, -0.15) is 0 Å². The van der Waals surface area contributed by atoms with Crippen LogP contribution >= 0.6 is 0 Å². The molecule has 1 fully saturated rings. The molecule has 0 bridgehead atoms. The molecule has 1 aromatic heterocycles. The van der Waals surface area contributed by atoms with E-state index >= 15 is 0 Å². The fraction of sp³-hybridized carbons (Fsp3) is 0.435. The maximum atomic E-state index is 13.1. The van der Waals surface area contributed by atoms with Crippen LogP contribution in [0.2, 0.25) is 0 Å². The van der Waals surface area contributed by atoms with Crippen LogP contribution in [0.4, 0.5) is 0 Å². The third-order valence-electron chi connectivity index (χ3n) is 5.52. The fourth-order valence-corrected chi connectivity index (χ4v) is 3.81. The molecule has 3 rings (SSSR count). The summed E-state index contributed by atoms with van der Waals surface area (Å²) < 4.78 is 0. The number of nitrogens with zero attached hydrogens (tertiary/aromatic N) is 2. The molecule has 28 heavy (non-hydrogen) atoms. The number of aromatic nitrogens is 1. The van der Waals surface area contributed by atoms with Gasteiger partial charge in [0, 0.05) is 19.7 Å². The normalized spacial score (nSPS) is 17.6. The molecule has 2 heterocycles. The summed E-state index contributed by atoms with van der Waals surface area (Å²) in [6.45, 7) is 8.47. The zero-order valence-corrected chi connectivity index (χ0v) is 17.1. The zero-order chi connectivity index (χ0) is 20.3. The molecule has 2 atom stereocenters. The maximum Gasteiger partial charge on any atom is 0.243 e. The number of nitrogens with one attached hydrogen (secondary N) is 1. The number of amides is 2. The van der Waals surface area contributed by atoms with E-state index in [-0.39, 0.29) is 17.9 Å². The quantitative estimate of drug-likeness (QED) is 0.861. The molecule has 5 heteroatoms. The molecular weight excluding hydrogens is 350 g/mol. The van der Waals surface area contributed by atoms with Crippen LogP contribution in [0.25, 0.3) is 0 Å². The highest BCUT2D eigenvalue weighted by atomic mass is 16.2. The predicted octanol–water partition coefficient (Wildman–Crippen LogP) is 3.73. The van der Waals surface area contributed by atoms with Gasteiger partial charge in [-0.15, -0.1) is 0 Å². The standard InChI is InChI=1S/C23H29N3O2/c1-15(2)18-11-12-20(24-14-18)22(19-9-6-5-8-16(19)3)25-23(28)21-10-7-13-26(21)17(4)27/h5-6,8-9,11-12,14-15,21-22H,7,10,13H2,1-4H3,(H,25,28)/t21-,22-/m0/s1. The molecule has 1 aromatic carbocycles. The Labute approximate surface area is 167 Å². The van der Waals surface area contributed by atoms with E-state index in [1.807, 2.05) is 43.5 Å². The van der Waals surface area contributed by atoms with E-state index in [1.54, 1.807) is 4.90 Å². The molecule has 2 aromatic rings. The van der Waals surface area contributed by atoms with Gasteiger partial charge in [0.15, 0.2) is 0 Å². The van der Waals surface area contributed by atoms with Gasteiger partial charge in [-0.25, -0.2) is 0 Å². The molecule has 0 unspecified atom stereocenters. The Kier molecular flexibility index (Phi) is 6.12. The zero-order valence-electron chi connectivity index (χ0n) is 17.1. The van der Waals surface area contributed by atoms with Crippen LogP contribution in [0.5, 0.6) is 0 Å². The molecule has 5 nitrogen and oxygen atoms in total. The van der Waals surface area contributed by atoms with E-state index in [4.69, 9.17) is 0 Å². The van der Waals surface area contributed by atoms with Crippen LogP contribution in [0.15, 0.2) is 42.6 Å². The van der Waals surface area contributed by atoms with Crippen molar-refractivity contribution in [3.63, 3.8) is 0 Å². The summed E-state index contributed by atoms with van der Waals surface area (Å²) in [5.41, 5.74) is 4.09. The lowest BCUT2D eigenvalue weighted by molar-refractivity contribution is -0.137. The van der Waals surface area contributed by atoms with Gasteiger partial charge in [-0.1, -0.05) is 44.2 Å². The molecule has 0 aliphatic carbocycles. The number of rotatable bonds is 5. The van der Waals surface area contributed by atoms with E-state index in [1.165, 1.54) is 6.92 Å². The van der Waals surface area contributed by atoms with Gasteiger partial charge in [0.1, 0.15) is 6.04 Å². The molecular formula is C23H29N3O2. The first-order chi connectivity index (χ1) is 13.4. The Morgan fingerprint density at radius 1 is 1.18 bits per heavy atom. The Morgan fingerprint density at radius 3 is 2.54 bits per heavy atom. The first-order valence-corrected chi connectivity index (χ1v) is 9.97. The van der Waals surface area contributed by atoms with Crippen molar-refractivity contribution in [1.29, 1.82) is 0 Å². The Bertz CT molecular complexity index is 845. The average molecular weight is 380 g/mol. The second-order valence-corrected chi connectivity index (χ2v) is 7.84. The molecule has 0 spiro atoms. The highest BCUT2D eigenvalue weighted by Gasteiger charge is 2.34. The van der Waals surface area contributed by atoms with Gasteiger partial charge < -0.3 is 10.2 Å². The number of carbonyl (C=O) groups is 2. The lowest BCUT2D eigenvalue weighted by Crippen LogP contribution is -2.46. The van der Waals surface area contributed by atoms with E-state index < -0.39 is 6.04 Å². The highest BCUT2D eigenvalue weighted by molar-refractivity contribution is 5.88. The maximum absolute atomic E-state index is 13.1. The Balaban J connectivity index is 1.92. The second kappa shape index (κ2) is 8.55. The number of pyridine rings is 1. The van der Waals surface area contributed by atoms with E-state index in [0.717, 1.165) is 28.8 Å². The van der Waals surface area contributed by atoms with Crippen molar-refractivity contribution in [1.82, 2.24) is 15.2 Å². The summed E-state index contributed by atoms with van der Waals surface area (Å²) in [6.07, 6.45) is 3.44. The van der Waals surface area contributed by atoms with E-state index in [2.05, 4.69) is 30.2 Å². The number of benzene rings is 1. The number of hydrogen-bond acceptors (Lipinski definition) is 3. The SMILES string of the molecule is CC(=O)N1CCC[C@H]1C(=O)N[C@H](c1ccc(C(C)C)cn1)c1ccccc1C. The predicted molar refractivity (Wildman–Crippen MR) is 110 cm³/mol. The summed E-state index contributed by atoms with van der Waals surface area (Å²) >= 11 is 0. The second-order valence-electron chi connectivity index (χ2n) is 7.84. The molecule has 0 radical (unpaired) electrons. The smallest absolute Gasteiger partial charge is 0.243 e. The minimum absolute atomic E-state index is 0.0514. The summed E-state index contributed by atoms with van der Waals surface area (Å²) in [4.78, 5) is 31.3. The van der Waals surface area contributed by atoms with Gasteiger partial charge >= 0.3 is 0 Å². The number of likely N-dealkylation sites (tertiary alicyclic amines) is 1. The molecule has 1 saturated heterocycles. The van der Waals surface area contributed by atoms with Gasteiger partial charge in [-0.3, -0.25) is 14.6 Å². The van der Waals surface area contributed by atoms with Crippen molar-refractivity contribution >= 4 is 11.8 Å². The molecule has 1 N–H and O–H groups in total. The summed E-state index contributed by atoms with van der Waals surface area (Å²) in [6, 6.07) is 11.3. The van der Waals surface area contributed by atoms with E-state index in [9.17, 15) is 9.59 Å². The summed E-state index contributed by atoms with van der Waals surface area (Å²) in [5, 5.41) is 3.17. The number of aryl methyl sites for hydroxylation is 1. The Morgan fingerprint density at radius 2 is 1.93 bits per heavy atom. The molecule has 0 saturated carbocycles. The van der Waals surface area contributed by atoms with Crippen LogP contribution in [0.3, 0.4) is 0 Å². The van der Waals surface area contributed by atoms with Gasteiger partial charge in [0.05, 0.1) is 11.7 Å². The van der Waals surface area contributed by atoms with Crippen LogP contribution in [-0.2, 0) is 9.59 Å². The minimum Gasteiger partial charge on any atom is -0.342 e. The van der Waals surface area contributed by atoms with Crippen molar-refractivity contribution in [2.45, 2.75) is 58.5 Å². The number of hydrogen-bond donors (Lipinski definition) is 1. The largest absolute Gasteiger partial charge is 0.342 e. The van der Waals surface area contributed by atoms with Crippen molar-refractivity contribution < 1.29 is 9.59 Å². The third kappa shape index (κ3) is 4.24. The van der Waals surface area contributed by atoms with Gasteiger partial charge in [0.25, 0.3) is 0 Å². The molecule has 148 valence electrons. The first kappa shape index (κ1) is 20.1. The molecule has 2 amide bonds. The van der Waals surface area contributed by atoms with E-state index in [0.29, 0.717) is 18.9 Å². The van der Waals surface area contributed by atoms with Crippen LogP contribution in [0, 0.1) is 6.92 Å². The fourth-order valence-electron chi connectivity index (χ4n) is 3.81. The van der Waals surface area contributed by atoms with Crippen LogP contribution in [-0.4, -0.2) is 34.3 Å². The first-order valence-electron chi connectivity index (χ1n) is 9.97. The topological polar surface area (TPSA) is 62.3 Å². The lowest BCUT2D eigenvalue weighted by Gasteiger charge is -2.26. The van der Waals surface area contributed by atoms with Crippen molar-refractivity contribution in [3.05, 3.63) is 65.0 Å². The number of carbonyl (C=O) groups excluding carboxylic acids is 2. The van der Waals surface area contributed by atoms with Crippen molar-refractivity contribution in [3.8, 4) is 0 Å². The minimum atomic E-state index is -0.404. The van der Waals surface area contributed by atoms with Crippen molar-refractivity contribution in [2.24, 2.45) is 0 Å². The average Bonchev–Trinajstić information content (AvgIpc) is 3.17. The highest BCUT2D eigenvalue weighted by Crippen LogP contribution is 2.26. The lowest BCUT2D eigenvalue weighted by atomic mass is 9.96. The Hall–Kier alpha value is -2.69. The van der Waals surface area contributed by atoms with Crippen molar-refractivity contribution in [2.75, 3.05) is 6.54 Å². The molecule has 1 aliphatic rings. The summed E-state index contributed by atoms with van der Waals surface area (Å²) in [5.74, 6) is 0.232. The van der Waals surface area contributed by atoms with Crippen LogP contribution < -0.4 is 5.32 Å². The molecule has 1 aliphatic heterocycles. The summed E-state index contributed by atoms with van der Waals surface area (Å²) in [7, 11) is 0. The van der Waals surface area contributed by atoms with Gasteiger partial charge in [0.2, 0.25) is 11.8 Å². The van der Waals surface area contributed by atoms with Gasteiger partial charge in [-0.05, 0) is 48.4 Å². The monoisotopic (exact) mass is 379 g/mol.